The lowest BCUT2D eigenvalue weighted by molar-refractivity contribution is 0.149. The van der Waals surface area contributed by atoms with Gasteiger partial charge >= 0.3 is 0 Å². The molecule has 1 spiro atoms. The normalized spacial score (nSPS) is 21.9. The van der Waals surface area contributed by atoms with Crippen LogP contribution in [0.3, 0.4) is 0 Å². The highest BCUT2D eigenvalue weighted by Gasteiger charge is 2.39. The number of rotatable bonds is 0. The Morgan fingerprint density at radius 2 is 1.86 bits per heavy atom. The predicted molar refractivity (Wildman–Crippen MR) is 84.5 cm³/mol. The van der Waals surface area contributed by atoms with Crippen LogP contribution >= 0.6 is 0 Å². The molecule has 0 saturated carbocycles. The number of ether oxygens (including phenoxy) is 1. The third-order valence-electron chi connectivity index (χ3n) is 4.33. The fourth-order valence-electron chi connectivity index (χ4n) is 3.33. The third kappa shape index (κ3) is 1.49. The predicted octanol–water partition coefficient (Wildman–Crippen LogP) is 3.94. The molecule has 1 atom stereocenters. The molecule has 0 amide bonds. The molecule has 0 bridgehead atoms. The van der Waals surface area contributed by atoms with Crippen molar-refractivity contribution in [3.8, 4) is 5.88 Å². The number of nitrogens with one attached hydrogen (secondary N) is 2. The molecule has 2 aliphatic heterocycles. The lowest BCUT2D eigenvalue weighted by Crippen LogP contribution is -2.41. The maximum Gasteiger partial charge on any atom is 0.206 e. The van der Waals surface area contributed by atoms with E-state index in [1.165, 1.54) is 10.9 Å². The van der Waals surface area contributed by atoms with E-state index in [0.29, 0.717) is 0 Å². The first-order valence-electron chi connectivity index (χ1n) is 7.18. The molecule has 3 heteroatoms. The second kappa shape index (κ2) is 3.70. The van der Waals surface area contributed by atoms with Gasteiger partial charge in [0, 0.05) is 28.6 Å². The number of H-pyrrole nitrogens is 1. The van der Waals surface area contributed by atoms with Crippen LogP contribution in [0.5, 0.6) is 5.88 Å². The zero-order valence-electron chi connectivity index (χ0n) is 11.4. The van der Waals surface area contributed by atoms with Crippen LogP contribution in [0.25, 0.3) is 17.0 Å². The van der Waals surface area contributed by atoms with Crippen LogP contribution in [0.15, 0.2) is 54.6 Å². The van der Waals surface area contributed by atoms with E-state index in [4.69, 9.17) is 4.74 Å². The number of fused-ring (bicyclic) bond motifs is 4. The molecule has 0 fully saturated rings. The lowest BCUT2D eigenvalue weighted by atomic mass is 10.0. The Morgan fingerprint density at radius 3 is 2.81 bits per heavy atom. The Morgan fingerprint density at radius 1 is 1.00 bits per heavy atom. The van der Waals surface area contributed by atoms with Crippen molar-refractivity contribution >= 4 is 22.7 Å². The summed E-state index contributed by atoms with van der Waals surface area (Å²) in [6.07, 6.45) is 5.14. The summed E-state index contributed by atoms with van der Waals surface area (Å²) in [7, 11) is 0. The molecule has 5 rings (SSSR count). The van der Waals surface area contributed by atoms with Gasteiger partial charge in [0.15, 0.2) is 0 Å². The molecule has 2 aliphatic rings. The van der Waals surface area contributed by atoms with E-state index in [2.05, 4.69) is 58.9 Å². The number of hydrogen-bond donors (Lipinski definition) is 2. The molecule has 3 nitrogen and oxygen atoms in total. The minimum absolute atomic E-state index is 0.461. The summed E-state index contributed by atoms with van der Waals surface area (Å²) in [5.41, 5.74) is 4.23. The highest BCUT2D eigenvalue weighted by Crippen LogP contribution is 2.41. The van der Waals surface area contributed by atoms with Crippen LogP contribution in [0.1, 0.15) is 11.1 Å². The fourth-order valence-corrected chi connectivity index (χ4v) is 3.33. The van der Waals surface area contributed by atoms with Gasteiger partial charge in [-0.05, 0) is 29.8 Å². The molecule has 3 aromatic rings. The van der Waals surface area contributed by atoms with Crippen molar-refractivity contribution in [2.75, 3.05) is 5.32 Å². The lowest BCUT2D eigenvalue weighted by Gasteiger charge is -2.30. The first-order valence-corrected chi connectivity index (χ1v) is 7.18. The van der Waals surface area contributed by atoms with Gasteiger partial charge < -0.3 is 15.0 Å². The van der Waals surface area contributed by atoms with Crippen molar-refractivity contribution in [2.45, 2.75) is 12.1 Å². The second-order valence-corrected chi connectivity index (χ2v) is 5.70. The van der Waals surface area contributed by atoms with Crippen LogP contribution in [-0.2, 0) is 6.42 Å². The van der Waals surface area contributed by atoms with E-state index in [1.807, 2.05) is 12.1 Å². The first kappa shape index (κ1) is 11.0. The number of anilines is 1. The van der Waals surface area contributed by atoms with Crippen molar-refractivity contribution < 1.29 is 4.74 Å². The average Bonchev–Trinajstić information content (AvgIpc) is 3.03. The van der Waals surface area contributed by atoms with E-state index in [-0.39, 0.29) is 0 Å². The number of aromatic nitrogens is 1. The van der Waals surface area contributed by atoms with Crippen LogP contribution < -0.4 is 10.1 Å². The maximum absolute atomic E-state index is 6.29. The quantitative estimate of drug-likeness (QED) is 0.651. The molecule has 0 radical (unpaired) electrons. The van der Waals surface area contributed by atoms with Crippen molar-refractivity contribution in [1.82, 2.24) is 4.98 Å². The van der Waals surface area contributed by atoms with E-state index < -0.39 is 5.72 Å². The summed E-state index contributed by atoms with van der Waals surface area (Å²) < 4.78 is 6.29. The van der Waals surface area contributed by atoms with Gasteiger partial charge in [0.25, 0.3) is 0 Å². The molecule has 1 unspecified atom stereocenters. The average molecular weight is 274 g/mol. The van der Waals surface area contributed by atoms with Crippen LogP contribution in [0, 0.1) is 0 Å². The van der Waals surface area contributed by atoms with Crippen molar-refractivity contribution in [2.24, 2.45) is 0 Å². The SMILES string of the molecule is C1=CC2(Cc3ccccc3N2)Oc2[nH]c3ccccc3c21. The molecule has 21 heavy (non-hydrogen) atoms. The maximum atomic E-state index is 6.29. The van der Waals surface area contributed by atoms with Gasteiger partial charge in [-0.25, -0.2) is 0 Å². The summed E-state index contributed by atoms with van der Waals surface area (Å²) >= 11 is 0. The van der Waals surface area contributed by atoms with Gasteiger partial charge in [0.2, 0.25) is 11.6 Å². The van der Waals surface area contributed by atoms with Gasteiger partial charge in [-0.2, -0.15) is 0 Å². The van der Waals surface area contributed by atoms with Gasteiger partial charge in [-0.15, -0.1) is 0 Å². The van der Waals surface area contributed by atoms with Gasteiger partial charge in [0.1, 0.15) is 0 Å². The Bertz CT molecular complexity index is 866. The summed E-state index contributed by atoms with van der Waals surface area (Å²) in [5, 5.41) is 4.71. The molecule has 3 heterocycles. The van der Waals surface area contributed by atoms with Gasteiger partial charge in [-0.1, -0.05) is 36.4 Å². The first-order chi connectivity index (χ1) is 10.3. The molecule has 102 valence electrons. The number of benzene rings is 2. The molecular formula is C18H14N2O. The van der Waals surface area contributed by atoms with Crippen molar-refractivity contribution in [3.63, 3.8) is 0 Å². The topological polar surface area (TPSA) is 37.0 Å². The fraction of sp³-hybridized carbons (Fsp3) is 0.111. The smallest absolute Gasteiger partial charge is 0.206 e. The molecular weight excluding hydrogens is 260 g/mol. The van der Waals surface area contributed by atoms with E-state index >= 15 is 0 Å². The zero-order chi connectivity index (χ0) is 13.9. The number of aromatic amines is 1. The Hall–Kier alpha value is -2.68. The van der Waals surface area contributed by atoms with Crippen molar-refractivity contribution in [1.29, 1.82) is 0 Å². The molecule has 0 saturated heterocycles. The number of hydrogen-bond acceptors (Lipinski definition) is 2. The summed E-state index contributed by atoms with van der Waals surface area (Å²) in [4.78, 5) is 3.38. The molecule has 0 aliphatic carbocycles. The minimum Gasteiger partial charge on any atom is -0.448 e. The van der Waals surface area contributed by atoms with Gasteiger partial charge in [0.05, 0.1) is 0 Å². The van der Waals surface area contributed by atoms with Gasteiger partial charge in [-0.3, -0.25) is 0 Å². The summed E-state index contributed by atoms with van der Waals surface area (Å²) in [6.45, 7) is 0. The Balaban J connectivity index is 1.61. The summed E-state index contributed by atoms with van der Waals surface area (Å²) in [6, 6.07) is 16.6. The van der Waals surface area contributed by atoms with E-state index in [1.54, 1.807) is 0 Å². The molecule has 2 aromatic carbocycles. The third-order valence-corrected chi connectivity index (χ3v) is 4.33. The number of para-hydroxylation sites is 2. The zero-order valence-corrected chi connectivity index (χ0v) is 11.4. The Labute approximate surface area is 122 Å². The van der Waals surface area contributed by atoms with Crippen LogP contribution in [0.2, 0.25) is 0 Å². The minimum atomic E-state index is -0.461. The highest BCUT2D eigenvalue weighted by atomic mass is 16.5. The summed E-state index contributed by atoms with van der Waals surface area (Å²) in [5.74, 6) is 0.846. The monoisotopic (exact) mass is 274 g/mol. The van der Waals surface area contributed by atoms with Crippen molar-refractivity contribution in [3.05, 3.63) is 65.7 Å². The van der Waals surface area contributed by atoms with Crippen LogP contribution in [0.4, 0.5) is 5.69 Å². The standard InChI is InChI=1S/C18H14N2O/c1-3-7-15-12(5-1)11-18(20-15)10-9-14-13-6-2-4-8-16(13)19-17(14)21-18/h1-10,19-20H,11H2. The van der Waals surface area contributed by atoms with Crippen LogP contribution in [-0.4, -0.2) is 10.7 Å². The largest absolute Gasteiger partial charge is 0.448 e. The second-order valence-electron chi connectivity index (χ2n) is 5.70. The highest BCUT2D eigenvalue weighted by molar-refractivity contribution is 5.92. The van der Waals surface area contributed by atoms with E-state index in [9.17, 15) is 0 Å². The molecule has 1 aromatic heterocycles. The molecule has 2 N–H and O–H groups in total. The Kier molecular flexibility index (Phi) is 1.94. The van der Waals surface area contributed by atoms with E-state index in [0.717, 1.165) is 29.1 Å².